The van der Waals surface area contributed by atoms with Crippen LogP contribution in [0.5, 0.6) is 11.5 Å². The summed E-state index contributed by atoms with van der Waals surface area (Å²) in [6, 6.07) is 12.3. The molecule has 1 aromatic heterocycles. The number of carbonyl (C=O) groups excluding carboxylic acids is 3. The summed E-state index contributed by atoms with van der Waals surface area (Å²) >= 11 is 0. The topological polar surface area (TPSA) is 192 Å². The minimum atomic E-state index is -1.51. The van der Waals surface area contributed by atoms with Crippen LogP contribution in [0.4, 0.5) is 10.6 Å². The van der Waals surface area contributed by atoms with E-state index in [1.807, 2.05) is 30.3 Å². The summed E-state index contributed by atoms with van der Waals surface area (Å²) in [5, 5.41) is 17.8. The van der Waals surface area contributed by atoms with Gasteiger partial charge in [0, 0.05) is 43.7 Å². The molecule has 1 saturated heterocycles. The number of carboxylic acids is 1. The number of methoxy groups -OCH3 is 2. The van der Waals surface area contributed by atoms with Crippen LogP contribution in [-0.2, 0) is 22.6 Å². The third kappa shape index (κ3) is 8.52. The summed E-state index contributed by atoms with van der Waals surface area (Å²) in [7, 11) is 2.76. The molecule has 1 aliphatic rings. The smallest absolute Gasteiger partial charge is 0.346 e. The molecule has 1 aliphatic heterocycles. The maximum absolute atomic E-state index is 13.4. The number of nitrogens with zero attached hydrogens (tertiary/aromatic N) is 2. The van der Waals surface area contributed by atoms with Crippen molar-refractivity contribution in [3.63, 3.8) is 0 Å². The number of aromatic nitrogens is 2. The van der Waals surface area contributed by atoms with Crippen molar-refractivity contribution in [1.82, 2.24) is 25.5 Å². The Morgan fingerprint density at radius 1 is 1.00 bits per heavy atom. The number of anilines is 1. The first-order chi connectivity index (χ1) is 22.5. The molecule has 4 rings (SSSR count). The van der Waals surface area contributed by atoms with E-state index in [0.29, 0.717) is 32.5 Å². The van der Waals surface area contributed by atoms with Gasteiger partial charge in [-0.05, 0) is 30.5 Å². The molecular weight excluding hydrogens is 608 g/mol. The van der Waals surface area contributed by atoms with Crippen LogP contribution in [0.15, 0.2) is 59.5 Å². The van der Waals surface area contributed by atoms with Gasteiger partial charge in [0.2, 0.25) is 0 Å². The van der Waals surface area contributed by atoms with E-state index in [4.69, 9.17) is 9.47 Å². The van der Waals surface area contributed by atoms with Crippen molar-refractivity contribution in [1.29, 1.82) is 0 Å². The number of hydrogen-bond donors (Lipinski definition) is 5. The van der Waals surface area contributed by atoms with E-state index in [-0.39, 0.29) is 46.6 Å². The van der Waals surface area contributed by atoms with E-state index in [0.717, 1.165) is 5.56 Å². The van der Waals surface area contributed by atoms with Gasteiger partial charge in [-0.1, -0.05) is 50.2 Å². The molecular formula is C33H40N6O8. The summed E-state index contributed by atoms with van der Waals surface area (Å²) in [4.78, 5) is 72.9. The Balaban J connectivity index is 1.50. The lowest BCUT2D eigenvalue weighted by molar-refractivity contribution is -0.139. The fraction of sp³-hybridized carbons (Fsp3) is 0.394. The monoisotopic (exact) mass is 648 g/mol. The summed E-state index contributed by atoms with van der Waals surface area (Å²) in [5.41, 5.74) is -0.670. The Bertz CT molecular complexity index is 1630. The van der Waals surface area contributed by atoms with Crippen molar-refractivity contribution >= 4 is 29.5 Å². The average molecular weight is 649 g/mol. The number of amides is 3. The SMILES string of the molecule is COc1cccc(OC)c1C(=O)Nc1nc(=O)[nH]cc1CC(NC(=O)NC1(C(=O)C(C)C)CCN(Cc2ccccc2)CC1)C(=O)O. The minimum Gasteiger partial charge on any atom is -0.496 e. The fourth-order valence-corrected chi connectivity index (χ4v) is 5.68. The third-order valence-electron chi connectivity index (χ3n) is 8.11. The van der Waals surface area contributed by atoms with Gasteiger partial charge in [-0.3, -0.25) is 14.5 Å². The lowest BCUT2D eigenvalue weighted by atomic mass is 9.79. The van der Waals surface area contributed by atoms with Crippen molar-refractivity contribution in [2.45, 2.75) is 51.2 Å². The van der Waals surface area contributed by atoms with Gasteiger partial charge in [0.25, 0.3) is 5.91 Å². The zero-order chi connectivity index (χ0) is 34.1. The van der Waals surface area contributed by atoms with E-state index < -0.39 is 35.2 Å². The van der Waals surface area contributed by atoms with E-state index >= 15 is 0 Å². The Labute approximate surface area is 271 Å². The van der Waals surface area contributed by atoms with Crippen molar-refractivity contribution in [3.8, 4) is 11.5 Å². The number of piperidine rings is 1. The summed E-state index contributed by atoms with van der Waals surface area (Å²) < 4.78 is 10.6. The number of carbonyl (C=O) groups is 4. The van der Waals surface area contributed by atoms with Gasteiger partial charge in [-0.25, -0.2) is 14.4 Å². The van der Waals surface area contributed by atoms with E-state index in [9.17, 15) is 29.1 Å². The number of likely N-dealkylation sites (tertiary alicyclic amines) is 1. The Hall–Kier alpha value is -5.24. The summed E-state index contributed by atoms with van der Waals surface area (Å²) in [6.45, 7) is 5.34. The highest BCUT2D eigenvalue weighted by molar-refractivity contribution is 6.08. The molecule has 14 heteroatoms. The number of hydrogen-bond acceptors (Lipinski definition) is 9. The molecule has 1 atom stereocenters. The Morgan fingerprint density at radius 2 is 1.64 bits per heavy atom. The normalized spacial score (nSPS) is 14.9. The van der Waals surface area contributed by atoms with Crippen LogP contribution in [0.2, 0.25) is 0 Å². The van der Waals surface area contributed by atoms with Gasteiger partial charge in [0.1, 0.15) is 34.5 Å². The lowest BCUT2D eigenvalue weighted by Gasteiger charge is -2.42. The van der Waals surface area contributed by atoms with Gasteiger partial charge in [0.05, 0.1) is 14.2 Å². The summed E-state index contributed by atoms with van der Waals surface area (Å²) in [5.74, 6) is -2.41. The zero-order valence-electron chi connectivity index (χ0n) is 26.8. The molecule has 3 amide bonds. The molecule has 5 N–H and O–H groups in total. The quantitative estimate of drug-likeness (QED) is 0.184. The third-order valence-corrected chi connectivity index (χ3v) is 8.11. The van der Waals surface area contributed by atoms with Crippen LogP contribution in [0.3, 0.4) is 0 Å². The van der Waals surface area contributed by atoms with Gasteiger partial charge >= 0.3 is 17.7 Å². The molecule has 2 heterocycles. The molecule has 3 aromatic rings. The number of aromatic amines is 1. The second-order valence-electron chi connectivity index (χ2n) is 11.6. The van der Waals surface area contributed by atoms with Crippen molar-refractivity contribution in [2.24, 2.45) is 5.92 Å². The molecule has 2 aromatic carbocycles. The van der Waals surface area contributed by atoms with Gasteiger partial charge < -0.3 is 35.5 Å². The van der Waals surface area contributed by atoms with Gasteiger partial charge in [-0.15, -0.1) is 0 Å². The van der Waals surface area contributed by atoms with Crippen LogP contribution in [0, 0.1) is 5.92 Å². The largest absolute Gasteiger partial charge is 0.496 e. The maximum atomic E-state index is 13.4. The number of carboxylic acid groups (broad SMARTS) is 1. The molecule has 14 nitrogen and oxygen atoms in total. The van der Waals surface area contributed by atoms with Crippen LogP contribution >= 0.6 is 0 Å². The number of urea groups is 1. The van der Waals surface area contributed by atoms with Crippen LogP contribution < -0.4 is 31.1 Å². The van der Waals surface area contributed by atoms with Crippen molar-refractivity contribution in [2.75, 3.05) is 32.6 Å². The number of ether oxygens (including phenoxy) is 2. The van der Waals surface area contributed by atoms with Gasteiger partial charge in [0.15, 0.2) is 5.78 Å². The Kier molecular flexibility index (Phi) is 11.3. The highest BCUT2D eigenvalue weighted by atomic mass is 16.5. The Morgan fingerprint density at radius 3 is 2.21 bits per heavy atom. The first kappa shape index (κ1) is 34.6. The number of H-pyrrole nitrogens is 1. The fourth-order valence-electron chi connectivity index (χ4n) is 5.68. The zero-order valence-corrected chi connectivity index (χ0v) is 26.8. The maximum Gasteiger partial charge on any atom is 0.346 e. The number of benzene rings is 2. The number of ketones is 1. The van der Waals surface area contributed by atoms with Crippen LogP contribution in [0.1, 0.15) is 48.2 Å². The molecule has 47 heavy (non-hydrogen) atoms. The molecule has 0 radical (unpaired) electrons. The van der Waals surface area contributed by atoms with Crippen LogP contribution in [-0.4, -0.2) is 82.6 Å². The van der Waals surface area contributed by atoms with Gasteiger partial charge in [-0.2, -0.15) is 4.98 Å². The highest BCUT2D eigenvalue weighted by Crippen LogP contribution is 2.30. The molecule has 250 valence electrons. The lowest BCUT2D eigenvalue weighted by Crippen LogP contribution is -2.63. The highest BCUT2D eigenvalue weighted by Gasteiger charge is 2.43. The molecule has 0 spiro atoms. The summed E-state index contributed by atoms with van der Waals surface area (Å²) in [6.07, 6.45) is 1.57. The number of rotatable bonds is 13. The first-order valence-electron chi connectivity index (χ1n) is 15.2. The average Bonchev–Trinajstić information content (AvgIpc) is 3.05. The molecule has 0 saturated carbocycles. The van der Waals surface area contributed by atoms with Crippen LogP contribution in [0.25, 0.3) is 0 Å². The predicted octanol–water partition coefficient (Wildman–Crippen LogP) is 2.59. The van der Waals surface area contributed by atoms with Crippen molar-refractivity contribution < 1.29 is 33.8 Å². The first-order valence-corrected chi connectivity index (χ1v) is 15.2. The predicted molar refractivity (Wildman–Crippen MR) is 173 cm³/mol. The molecule has 1 fully saturated rings. The molecule has 0 aliphatic carbocycles. The van der Waals surface area contributed by atoms with E-state index in [2.05, 4.69) is 30.8 Å². The second-order valence-corrected chi connectivity index (χ2v) is 11.6. The van der Waals surface area contributed by atoms with Crippen molar-refractivity contribution in [3.05, 3.63) is 81.9 Å². The molecule has 0 bridgehead atoms. The standard InChI is InChI=1S/C33H40N6O8/c1-20(2)27(40)33(13-15-39(16-14-33)19-21-9-6-5-7-10-21)38-32(45)35-23(30(42)43)17-22-18-34-31(44)37-28(22)36-29(41)26-24(46-3)11-8-12-25(26)47-4/h5-12,18,20,23H,13-17,19H2,1-4H3,(H,42,43)(H2,35,38,45)(H2,34,36,37,41,44). The second kappa shape index (κ2) is 15.4. The molecule has 1 unspecified atom stereocenters. The van der Waals surface area contributed by atoms with E-state index in [1.54, 1.807) is 32.0 Å². The number of nitrogens with one attached hydrogen (secondary N) is 4. The minimum absolute atomic E-state index is 0.0350. The van der Waals surface area contributed by atoms with E-state index in [1.165, 1.54) is 20.4 Å². The number of Topliss-reactive ketones (excluding diaryl/α,β-unsaturated/α-hetero) is 1. The number of aliphatic carboxylic acids is 1.